The smallest absolute Gasteiger partial charge is 0.220 e. The molecule has 1 aromatic heterocycles. The molecule has 1 aliphatic carbocycles. The van der Waals surface area contributed by atoms with Crippen LogP contribution in [-0.4, -0.2) is 16.9 Å². The summed E-state index contributed by atoms with van der Waals surface area (Å²) in [6, 6.07) is 8.70. The van der Waals surface area contributed by atoms with Crippen LogP contribution in [0.4, 0.5) is 0 Å². The Hall–Kier alpha value is -1.46. The number of nitrogens with one attached hydrogen (secondary N) is 1. The first-order valence-electron chi connectivity index (χ1n) is 7.09. The molecule has 1 fully saturated rings. The zero-order valence-corrected chi connectivity index (χ0v) is 12.2. The van der Waals surface area contributed by atoms with Gasteiger partial charge in [-0.25, -0.2) is 4.98 Å². The van der Waals surface area contributed by atoms with Crippen LogP contribution in [0.3, 0.4) is 0 Å². The summed E-state index contributed by atoms with van der Waals surface area (Å²) in [4.78, 5) is 15.8. The lowest BCUT2D eigenvalue weighted by atomic mass is 9.85. The number of fused-ring (bicyclic) bond motifs is 1. The number of nitrogens with zero attached hydrogens (tertiary/aromatic N) is 1. The monoisotopic (exact) mass is 289 g/mol. The Kier molecular flexibility index (Phi) is 3.98. The molecule has 0 unspecified atom stereocenters. The molecule has 0 aliphatic heterocycles. The zero-order chi connectivity index (χ0) is 13.9. The van der Waals surface area contributed by atoms with Crippen LogP contribution in [0.2, 0.25) is 0 Å². The van der Waals surface area contributed by atoms with Crippen molar-refractivity contribution < 1.29 is 4.79 Å². The summed E-state index contributed by atoms with van der Waals surface area (Å²) in [6.45, 7) is 0.811. The fourth-order valence-electron chi connectivity index (χ4n) is 2.81. The van der Waals surface area contributed by atoms with Crippen molar-refractivity contribution in [3.63, 3.8) is 0 Å². The highest BCUT2D eigenvalue weighted by Crippen LogP contribution is 2.25. The maximum atomic E-state index is 11.1. The number of rotatable bonds is 4. The summed E-state index contributed by atoms with van der Waals surface area (Å²) >= 11 is 1.74. The quantitative estimate of drug-likeness (QED) is 0.908. The average molecular weight is 289 g/mol. The minimum atomic E-state index is -0.144. The Morgan fingerprint density at radius 3 is 2.75 bits per heavy atom. The second-order valence-electron chi connectivity index (χ2n) is 5.41. The summed E-state index contributed by atoms with van der Waals surface area (Å²) in [5.41, 5.74) is 6.43. The Bertz CT molecular complexity index is 569. The number of para-hydroxylation sites is 1. The molecule has 20 heavy (non-hydrogen) atoms. The molecule has 0 radical (unpaired) electrons. The highest BCUT2D eigenvalue weighted by molar-refractivity contribution is 7.18. The van der Waals surface area contributed by atoms with Crippen LogP contribution in [-0.2, 0) is 11.3 Å². The highest BCUT2D eigenvalue weighted by Gasteiger charge is 2.24. The maximum absolute atomic E-state index is 11.1. The topological polar surface area (TPSA) is 68.0 Å². The first kappa shape index (κ1) is 13.5. The van der Waals surface area contributed by atoms with Crippen LogP contribution >= 0.6 is 11.3 Å². The van der Waals surface area contributed by atoms with Crippen molar-refractivity contribution in [1.82, 2.24) is 10.3 Å². The van der Waals surface area contributed by atoms with Crippen LogP contribution in [0, 0.1) is 5.92 Å². The molecule has 0 bridgehead atoms. The normalized spacial score (nSPS) is 23.0. The Labute approximate surface area is 122 Å². The predicted molar refractivity (Wildman–Crippen MR) is 81.4 cm³/mol. The summed E-state index contributed by atoms with van der Waals surface area (Å²) in [6.07, 6.45) is 3.87. The van der Waals surface area contributed by atoms with Gasteiger partial charge in [-0.05, 0) is 37.8 Å². The van der Waals surface area contributed by atoms with E-state index >= 15 is 0 Å². The second-order valence-corrected chi connectivity index (χ2v) is 6.52. The number of carbonyl (C=O) groups excluding carboxylic acids is 1. The van der Waals surface area contributed by atoms with Crippen molar-refractivity contribution in [3.05, 3.63) is 29.3 Å². The van der Waals surface area contributed by atoms with Gasteiger partial charge in [0.2, 0.25) is 5.91 Å². The molecule has 1 heterocycles. The zero-order valence-electron chi connectivity index (χ0n) is 11.3. The lowest BCUT2D eigenvalue weighted by Gasteiger charge is -2.27. The van der Waals surface area contributed by atoms with Gasteiger partial charge in [0.05, 0.1) is 10.2 Å². The molecule has 3 rings (SSSR count). The van der Waals surface area contributed by atoms with E-state index in [0.29, 0.717) is 6.04 Å². The van der Waals surface area contributed by atoms with Gasteiger partial charge in [0.25, 0.3) is 0 Å². The van der Waals surface area contributed by atoms with Crippen LogP contribution in [0.15, 0.2) is 24.3 Å². The first-order chi connectivity index (χ1) is 9.72. The van der Waals surface area contributed by atoms with Crippen molar-refractivity contribution in [3.8, 4) is 0 Å². The molecular formula is C15H19N3OS. The van der Waals surface area contributed by atoms with E-state index in [4.69, 9.17) is 5.73 Å². The molecule has 0 atom stereocenters. The van der Waals surface area contributed by atoms with Gasteiger partial charge in [0, 0.05) is 18.5 Å². The second kappa shape index (κ2) is 5.89. The summed E-state index contributed by atoms with van der Waals surface area (Å²) in [7, 11) is 0. The number of primary amides is 1. The summed E-state index contributed by atoms with van der Waals surface area (Å²) in [5, 5.41) is 4.68. The van der Waals surface area contributed by atoms with Crippen LogP contribution in [0.25, 0.3) is 10.2 Å². The molecule has 5 heteroatoms. The number of benzene rings is 1. The van der Waals surface area contributed by atoms with Gasteiger partial charge in [-0.3, -0.25) is 4.79 Å². The molecule has 3 N–H and O–H groups in total. The van der Waals surface area contributed by atoms with Gasteiger partial charge in [0.15, 0.2) is 0 Å². The third kappa shape index (κ3) is 2.99. The molecule has 1 saturated carbocycles. The molecule has 4 nitrogen and oxygen atoms in total. The van der Waals surface area contributed by atoms with Crippen molar-refractivity contribution in [2.75, 3.05) is 0 Å². The molecular weight excluding hydrogens is 270 g/mol. The third-order valence-electron chi connectivity index (χ3n) is 4.01. The van der Waals surface area contributed by atoms with Crippen LogP contribution in [0.5, 0.6) is 0 Å². The van der Waals surface area contributed by atoms with E-state index in [1.165, 1.54) is 4.70 Å². The minimum Gasteiger partial charge on any atom is -0.369 e. The van der Waals surface area contributed by atoms with Gasteiger partial charge < -0.3 is 11.1 Å². The Balaban J connectivity index is 1.54. The standard InChI is InChI=1S/C15H19N3OS/c16-15(19)10-5-7-11(8-6-10)17-9-14-18-12-3-1-2-4-13(12)20-14/h1-4,10-11,17H,5-9H2,(H2,16,19). The molecule has 0 spiro atoms. The molecule has 0 saturated heterocycles. The number of nitrogens with two attached hydrogens (primary N) is 1. The van der Waals surface area contributed by atoms with E-state index < -0.39 is 0 Å². The van der Waals surface area contributed by atoms with E-state index in [0.717, 1.165) is 42.8 Å². The fourth-order valence-corrected chi connectivity index (χ4v) is 3.73. The Morgan fingerprint density at radius 1 is 1.30 bits per heavy atom. The fraction of sp³-hybridized carbons (Fsp3) is 0.467. The summed E-state index contributed by atoms with van der Waals surface area (Å²) < 4.78 is 1.24. The molecule has 2 aromatic rings. The van der Waals surface area contributed by atoms with E-state index in [1.54, 1.807) is 11.3 Å². The van der Waals surface area contributed by atoms with E-state index in [9.17, 15) is 4.79 Å². The van der Waals surface area contributed by atoms with Crippen LogP contribution < -0.4 is 11.1 Å². The largest absolute Gasteiger partial charge is 0.369 e. The number of thiazole rings is 1. The number of hydrogen-bond acceptors (Lipinski definition) is 4. The number of carbonyl (C=O) groups is 1. The van der Waals surface area contributed by atoms with Crippen molar-refractivity contribution in [2.45, 2.75) is 38.3 Å². The highest BCUT2D eigenvalue weighted by atomic mass is 32.1. The number of amides is 1. The molecule has 1 aromatic carbocycles. The van der Waals surface area contributed by atoms with Crippen molar-refractivity contribution >= 4 is 27.5 Å². The van der Waals surface area contributed by atoms with Crippen LogP contribution in [0.1, 0.15) is 30.7 Å². The first-order valence-corrected chi connectivity index (χ1v) is 7.91. The lowest BCUT2D eigenvalue weighted by molar-refractivity contribution is -0.122. The Morgan fingerprint density at radius 2 is 2.05 bits per heavy atom. The van der Waals surface area contributed by atoms with E-state index in [-0.39, 0.29) is 11.8 Å². The summed E-state index contributed by atoms with van der Waals surface area (Å²) in [5.74, 6) is -0.0647. The van der Waals surface area contributed by atoms with Gasteiger partial charge >= 0.3 is 0 Å². The third-order valence-corrected chi connectivity index (χ3v) is 5.05. The maximum Gasteiger partial charge on any atom is 0.220 e. The SMILES string of the molecule is NC(=O)C1CCC(NCc2nc3ccccc3s2)CC1. The number of hydrogen-bond donors (Lipinski definition) is 2. The van der Waals surface area contributed by atoms with Gasteiger partial charge in [0.1, 0.15) is 5.01 Å². The van der Waals surface area contributed by atoms with E-state index in [1.807, 2.05) is 18.2 Å². The van der Waals surface area contributed by atoms with Crippen molar-refractivity contribution in [1.29, 1.82) is 0 Å². The van der Waals surface area contributed by atoms with E-state index in [2.05, 4.69) is 16.4 Å². The van der Waals surface area contributed by atoms with Crippen molar-refractivity contribution in [2.24, 2.45) is 11.7 Å². The molecule has 1 amide bonds. The number of aromatic nitrogens is 1. The lowest BCUT2D eigenvalue weighted by Crippen LogP contribution is -2.36. The molecule has 106 valence electrons. The minimum absolute atomic E-state index is 0.0792. The molecule has 1 aliphatic rings. The van der Waals surface area contributed by atoms with Gasteiger partial charge in [-0.2, -0.15) is 0 Å². The van der Waals surface area contributed by atoms with Gasteiger partial charge in [-0.1, -0.05) is 12.1 Å². The average Bonchev–Trinajstić information content (AvgIpc) is 2.88. The van der Waals surface area contributed by atoms with Gasteiger partial charge in [-0.15, -0.1) is 11.3 Å². The predicted octanol–water partition coefficient (Wildman–Crippen LogP) is 2.43.